The number of aromatic nitrogens is 2. The fourth-order valence-electron chi connectivity index (χ4n) is 4.43. The molecule has 0 bridgehead atoms. The molecule has 1 aliphatic rings. The molecule has 7 heteroatoms. The predicted molar refractivity (Wildman–Crippen MR) is 138 cm³/mol. The molecule has 0 unspecified atom stereocenters. The highest BCUT2D eigenvalue weighted by molar-refractivity contribution is 5.75. The predicted octanol–water partition coefficient (Wildman–Crippen LogP) is 4.74. The van der Waals surface area contributed by atoms with Gasteiger partial charge in [0.25, 0.3) is 0 Å². The summed E-state index contributed by atoms with van der Waals surface area (Å²) in [6, 6.07) is 20.9. The number of nitrogens with one attached hydrogen (secondary N) is 3. The molecule has 0 radical (unpaired) electrons. The summed E-state index contributed by atoms with van der Waals surface area (Å²) < 4.78 is 0. The Balaban J connectivity index is 1.25. The van der Waals surface area contributed by atoms with Crippen LogP contribution in [0.2, 0.25) is 0 Å². The molecule has 1 fully saturated rings. The lowest BCUT2D eigenvalue weighted by molar-refractivity contribution is 0.231. The Morgan fingerprint density at radius 3 is 2.35 bits per heavy atom. The number of carbonyl (C=O) groups is 1. The molecule has 0 aliphatic heterocycles. The van der Waals surface area contributed by atoms with E-state index in [0.717, 1.165) is 59.8 Å². The maximum Gasteiger partial charge on any atom is 0.315 e. The van der Waals surface area contributed by atoms with Crippen LogP contribution in [-0.4, -0.2) is 42.2 Å². The van der Waals surface area contributed by atoms with Crippen molar-refractivity contribution in [2.24, 2.45) is 0 Å². The van der Waals surface area contributed by atoms with Crippen molar-refractivity contribution in [2.45, 2.75) is 51.2 Å². The molecule has 1 aliphatic carbocycles. The van der Waals surface area contributed by atoms with Crippen molar-refractivity contribution < 1.29 is 4.79 Å². The SMILES string of the molecule is Cc1nc(NC2CCC(NC(=O)NCc3ccccc3-c3ccccc3)CC2)cc(N(C)C)n1. The zero-order chi connectivity index (χ0) is 23.9. The summed E-state index contributed by atoms with van der Waals surface area (Å²) >= 11 is 0. The van der Waals surface area contributed by atoms with Gasteiger partial charge in [0.15, 0.2) is 0 Å². The number of rotatable bonds is 7. The van der Waals surface area contributed by atoms with Gasteiger partial charge in [-0.1, -0.05) is 54.6 Å². The summed E-state index contributed by atoms with van der Waals surface area (Å²) in [5, 5.41) is 9.75. The molecule has 1 heterocycles. The van der Waals surface area contributed by atoms with Crippen LogP contribution in [0.25, 0.3) is 11.1 Å². The molecule has 3 aromatic rings. The summed E-state index contributed by atoms with van der Waals surface area (Å²) in [7, 11) is 3.96. The molecule has 178 valence electrons. The van der Waals surface area contributed by atoms with E-state index >= 15 is 0 Å². The number of amides is 2. The lowest BCUT2D eigenvalue weighted by Crippen LogP contribution is -2.44. The molecule has 2 amide bonds. The Bertz CT molecular complexity index is 1090. The Hall–Kier alpha value is -3.61. The topological polar surface area (TPSA) is 82.2 Å². The largest absolute Gasteiger partial charge is 0.367 e. The van der Waals surface area contributed by atoms with E-state index < -0.39 is 0 Å². The van der Waals surface area contributed by atoms with Crippen molar-refractivity contribution in [2.75, 3.05) is 24.3 Å². The molecule has 34 heavy (non-hydrogen) atoms. The second-order valence-corrected chi connectivity index (χ2v) is 9.10. The van der Waals surface area contributed by atoms with Gasteiger partial charge >= 0.3 is 6.03 Å². The third-order valence-corrected chi connectivity index (χ3v) is 6.24. The Morgan fingerprint density at radius 1 is 0.941 bits per heavy atom. The minimum absolute atomic E-state index is 0.110. The maximum absolute atomic E-state index is 12.6. The fraction of sp³-hybridized carbons (Fsp3) is 0.370. The van der Waals surface area contributed by atoms with E-state index in [0.29, 0.717) is 12.6 Å². The van der Waals surface area contributed by atoms with Crippen LogP contribution in [0.1, 0.15) is 37.1 Å². The average molecular weight is 459 g/mol. The van der Waals surface area contributed by atoms with Gasteiger partial charge in [0.2, 0.25) is 0 Å². The molecule has 3 N–H and O–H groups in total. The van der Waals surface area contributed by atoms with Crippen molar-refractivity contribution in [3.8, 4) is 11.1 Å². The number of carbonyl (C=O) groups excluding carboxylic acids is 1. The van der Waals surface area contributed by atoms with E-state index in [1.807, 2.05) is 62.3 Å². The van der Waals surface area contributed by atoms with Gasteiger partial charge in [0.05, 0.1) is 0 Å². The number of aryl methyl sites for hydroxylation is 1. The average Bonchev–Trinajstić information content (AvgIpc) is 2.84. The summed E-state index contributed by atoms with van der Waals surface area (Å²) in [6.45, 7) is 2.41. The monoisotopic (exact) mass is 458 g/mol. The fourth-order valence-corrected chi connectivity index (χ4v) is 4.43. The lowest BCUT2D eigenvalue weighted by Gasteiger charge is -2.30. The Kier molecular flexibility index (Phi) is 7.62. The van der Waals surface area contributed by atoms with Crippen LogP contribution in [0, 0.1) is 6.92 Å². The lowest BCUT2D eigenvalue weighted by atomic mass is 9.91. The number of hydrogen-bond acceptors (Lipinski definition) is 5. The number of benzene rings is 2. The first-order valence-corrected chi connectivity index (χ1v) is 11.9. The Morgan fingerprint density at radius 2 is 1.62 bits per heavy atom. The summed E-state index contributed by atoms with van der Waals surface area (Å²) in [4.78, 5) is 23.6. The second-order valence-electron chi connectivity index (χ2n) is 9.10. The van der Waals surface area contributed by atoms with Crippen molar-refractivity contribution >= 4 is 17.7 Å². The van der Waals surface area contributed by atoms with E-state index in [1.54, 1.807) is 0 Å². The molecule has 1 saturated carbocycles. The first-order chi connectivity index (χ1) is 16.5. The zero-order valence-corrected chi connectivity index (χ0v) is 20.2. The molecular formula is C27H34N6O. The standard InChI is InChI=1S/C27H34N6O/c1-19-29-25(17-26(30-19)33(2)3)31-22-13-15-23(16-14-22)32-27(34)28-18-21-11-7-8-12-24(21)20-9-5-4-6-10-20/h4-12,17,22-23H,13-16,18H2,1-3H3,(H2,28,32,34)(H,29,30,31). The van der Waals surface area contributed by atoms with Crippen LogP contribution in [0.3, 0.4) is 0 Å². The molecule has 1 aromatic heterocycles. The summed E-state index contributed by atoms with van der Waals surface area (Å²) in [5.74, 6) is 2.52. The molecule has 7 nitrogen and oxygen atoms in total. The van der Waals surface area contributed by atoms with Crippen LogP contribution < -0.4 is 20.9 Å². The van der Waals surface area contributed by atoms with Crippen molar-refractivity contribution in [3.05, 3.63) is 72.1 Å². The number of hydrogen-bond donors (Lipinski definition) is 3. The van der Waals surface area contributed by atoms with Gasteiger partial charge in [-0.15, -0.1) is 0 Å². The summed E-state index contributed by atoms with van der Waals surface area (Å²) in [6.07, 6.45) is 3.86. The minimum atomic E-state index is -0.110. The van der Waals surface area contributed by atoms with Gasteiger partial charge in [0.1, 0.15) is 17.5 Å². The second kappa shape index (κ2) is 11.0. The molecular weight excluding hydrogens is 424 g/mol. The van der Waals surface area contributed by atoms with E-state index in [4.69, 9.17) is 0 Å². The van der Waals surface area contributed by atoms with Crippen LogP contribution in [0.5, 0.6) is 0 Å². The number of urea groups is 1. The zero-order valence-electron chi connectivity index (χ0n) is 20.2. The minimum Gasteiger partial charge on any atom is -0.367 e. The van der Waals surface area contributed by atoms with Crippen molar-refractivity contribution in [1.82, 2.24) is 20.6 Å². The van der Waals surface area contributed by atoms with Crippen LogP contribution in [-0.2, 0) is 6.54 Å². The van der Waals surface area contributed by atoms with Crippen LogP contribution >= 0.6 is 0 Å². The highest BCUT2D eigenvalue weighted by atomic mass is 16.2. The third kappa shape index (κ3) is 6.25. The third-order valence-electron chi connectivity index (χ3n) is 6.24. The normalized spacial score (nSPS) is 17.6. The van der Waals surface area contributed by atoms with Crippen molar-refractivity contribution in [3.63, 3.8) is 0 Å². The number of anilines is 2. The quantitative estimate of drug-likeness (QED) is 0.476. The first-order valence-electron chi connectivity index (χ1n) is 11.9. The highest BCUT2D eigenvalue weighted by Crippen LogP contribution is 2.24. The molecule has 0 saturated heterocycles. The molecule has 0 spiro atoms. The van der Waals surface area contributed by atoms with E-state index in [2.05, 4.69) is 50.2 Å². The molecule has 2 aromatic carbocycles. The van der Waals surface area contributed by atoms with E-state index in [-0.39, 0.29) is 12.1 Å². The maximum atomic E-state index is 12.6. The Labute approximate surface area is 202 Å². The molecule has 0 atom stereocenters. The van der Waals surface area contributed by atoms with E-state index in [1.165, 1.54) is 0 Å². The van der Waals surface area contributed by atoms with Gasteiger partial charge in [-0.3, -0.25) is 0 Å². The first kappa shape index (κ1) is 23.5. The number of nitrogens with zero attached hydrogens (tertiary/aromatic N) is 3. The summed E-state index contributed by atoms with van der Waals surface area (Å²) in [5.41, 5.74) is 3.41. The van der Waals surface area contributed by atoms with Gasteiger partial charge in [-0.25, -0.2) is 14.8 Å². The van der Waals surface area contributed by atoms with Gasteiger partial charge in [-0.2, -0.15) is 0 Å². The smallest absolute Gasteiger partial charge is 0.315 e. The van der Waals surface area contributed by atoms with Gasteiger partial charge in [-0.05, 0) is 49.3 Å². The highest BCUT2D eigenvalue weighted by Gasteiger charge is 2.23. The van der Waals surface area contributed by atoms with Crippen LogP contribution in [0.4, 0.5) is 16.4 Å². The van der Waals surface area contributed by atoms with Gasteiger partial charge in [0, 0.05) is 38.8 Å². The van der Waals surface area contributed by atoms with E-state index in [9.17, 15) is 4.79 Å². The van der Waals surface area contributed by atoms with Crippen molar-refractivity contribution in [1.29, 1.82) is 0 Å². The van der Waals surface area contributed by atoms with Gasteiger partial charge < -0.3 is 20.9 Å². The molecule has 4 rings (SSSR count). The van der Waals surface area contributed by atoms with Crippen LogP contribution in [0.15, 0.2) is 60.7 Å².